The van der Waals surface area contributed by atoms with Crippen molar-refractivity contribution in [2.75, 3.05) is 10.6 Å². The molecule has 0 saturated carbocycles. The van der Waals surface area contributed by atoms with Crippen LogP contribution in [0.25, 0.3) is 11.0 Å². The summed E-state index contributed by atoms with van der Waals surface area (Å²) in [5, 5.41) is 11.0. The van der Waals surface area contributed by atoms with Gasteiger partial charge in [-0.3, -0.25) is 19.4 Å². The second kappa shape index (κ2) is 8.19. The zero-order valence-corrected chi connectivity index (χ0v) is 16.9. The second-order valence-electron chi connectivity index (χ2n) is 6.93. The molecule has 4 aromatic rings. The van der Waals surface area contributed by atoms with Crippen LogP contribution < -0.4 is 21.5 Å². The van der Waals surface area contributed by atoms with Crippen molar-refractivity contribution in [3.63, 3.8) is 0 Å². The van der Waals surface area contributed by atoms with Crippen LogP contribution in [0.5, 0.6) is 0 Å². The number of benzene rings is 1. The van der Waals surface area contributed by atoms with Gasteiger partial charge in [0.25, 0.3) is 11.5 Å². The molecule has 0 atom stereocenters. The Labute approximate surface area is 176 Å². The minimum Gasteiger partial charge on any atom is -0.467 e. The normalized spacial score (nSPS) is 10.8. The highest BCUT2D eigenvalue weighted by molar-refractivity contribution is 6.12. The van der Waals surface area contributed by atoms with Gasteiger partial charge in [-0.05, 0) is 49.4 Å². The Hall–Kier alpha value is -4.34. The second-order valence-corrected chi connectivity index (χ2v) is 6.93. The fourth-order valence-corrected chi connectivity index (χ4v) is 3.15. The van der Waals surface area contributed by atoms with E-state index in [-0.39, 0.29) is 29.1 Å². The van der Waals surface area contributed by atoms with Crippen LogP contribution in [0.3, 0.4) is 0 Å². The summed E-state index contributed by atoms with van der Waals surface area (Å²) in [6, 6.07) is 11.3. The molecule has 0 radical (unpaired) electrons. The Kier molecular flexibility index (Phi) is 5.27. The van der Waals surface area contributed by atoms with Gasteiger partial charge in [-0.2, -0.15) is 0 Å². The lowest BCUT2D eigenvalue weighted by Gasteiger charge is -2.09. The van der Waals surface area contributed by atoms with Gasteiger partial charge >= 0.3 is 6.03 Å². The molecule has 4 N–H and O–H groups in total. The number of aryl methyl sites for hydroxylation is 2. The highest BCUT2D eigenvalue weighted by atomic mass is 16.3. The summed E-state index contributed by atoms with van der Waals surface area (Å²) in [7, 11) is 1.66. The number of pyridine rings is 1. The molecule has 3 heterocycles. The number of amides is 3. The van der Waals surface area contributed by atoms with Crippen LogP contribution in [0.1, 0.15) is 21.8 Å². The van der Waals surface area contributed by atoms with E-state index in [9.17, 15) is 14.4 Å². The Morgan fingerprint density at radius 3 is 2.52 bits per heavy atom. The van der Waals surface area contributed by atoms with E-state index >= 15 is 0 Å². The van der Waals surface area contributed by atoms with Crippen LogP contribution >= 0.6 is 0 Å². The molecule has 0 unspecified atom stereocenters. The average Bonchev–Trinajstić information content (AvgIpc) is 3.35. The number of H-pyrrole nitrogens is 1. The fraction of sp³-hybridized carbons (Fsp3) is 0.143. The summed E-state index contributed by atoms with van der Waals surface area (Å²) in [5.41, 5.74) is 1.96. The summed E-state index contributed by atoms with van der Waals surface area (Å²) in [6.45, 7) is 2.02. The molecule has 0 spiro atoms. The number of fused-ring (bicyclic) bond motifs is 1. The minimum absolute atomic E-state index is 0.233. The van der Waals surface area contributed by atoms with Crippen molar-refractivity contribution in [3.05, 3.63) is 76.1 Å². The Balaban J connectivity index is 1.43. The van der Waals surface area contributed by atoms with E-state index in [4.69, 9.17) is 4.42 Å². The maximum absolute atomic E-state index is 12.8. The van der Waals surface area contributed by atoms with Crippen molar-refractivity contribution in [2.24, 2.45) is 7.05 Å². The number of carbonyl (C=O) groups excluding carboxylic acids is 2. The van der Waals surface area contributed by atoms with Crippen LogP contribution in [0.4, 0.5) is 16.2 Å². The van der Waals surface area contributed by atoms with Crippen molar-refractivity contribution in [1.29, 1.82) is 0 Å². The molecule has 0 bridgehead atoms. The van der Waals surface area contributed by atoms with E-state index in [1.54, 1.807) is 56.4 Å². The topological polar surface area (TPSA) is 134 Å². The molecule has 0 fully saturated rings. The number of aromatic nitrogens is 3. The predicted octanol–water partition coefficient (Wildman–Crippen LogP) is 2.74. The molecule has 0 saturated heterocycles. The summed E-state index contributed by atoms with van der Waals surface area (Å²) >= 11 is 0. The molecule has 4 rings (SSSR count). The number of hydrogen-bond acceptors (Lipinski definition) is 5. The van der Waals surface area contributed by atoms with E-state index in [2.05, 4.69) is 26.0 Å². The molecule has 0 aliphatic carbocycles. The molecule has 1 aromatic carbocycles. The zero-order valence-electron chi connectivity index (χ0n) is 16.9. The molecule has 0 aliphatic rings. The summed E-state index contributed by atoms with van der Waals surface area (Å²) < 4.78 is 6.64. The lowest BCUT2D eigenvalue weighted by Crippen LogP contribution is -2.27. The van der Waals surface area contributed by atoms with E-state index in [1.165, 1.54) is 10.9 Å². The van der Waals surface area contributed by atoms with E-state index in [0.717, 1.165) is 0 Å². The van der Waals surface area contributed by atoms with Crippen LogP contribution in [-0.4, -0.2) is 26.7 Å². The lowest BCUT2D eigenvalue weighted by molar-refractivity contribution is 0.102. The van der Waals surface area contributed by atoms with Crippen molar-refractivity contribution >= 4 is 34.3 Å². The SMILES string of the molecule is Cc1cc(C(=O)Nc2ccc(NC(=O)NCc3ccco3)cc2)c2c(=O)[nH]n(C)c2n1. The minimum atomic E-state index is -0.427. The van der Waals surface area contributed by atoms with Crippen LogP contribution in [0.15, 0.2) is 57.9 Å². The smallest absolute Gasteiger partial charge is 0.319 e. The number of nitrogens with zero attached hydrogens (tertiary/aromatic N) is 2. The molecule has 10 nitrogen and oxygen atoms in total. The fourth-order valence-electron chi connectivity index (χ4n) is 3.15. The number of nitrogens with one attached hydrogen (secondary N) is 4. The maximum atomic E-state index is 12.8. The Morgan fingerprint density at radius 1 is 1.13 bits per heavy atom. The van der Waals surface area contributed by atoms with E-state index in [0.29, 0.717) is 28.5 Å². The summed E-state index contributed by atoms with van der Waals surface area (Å²) in [4.78, 5) is 41.3. The lowest BCUT2D eigenvalue weighted by atomic mass is 10.1. The van der Waals surface area contributed by atoms with Gasteiger partial charge in [0.05, 0.1) is 23.8 Å². The Bertz CT molecular complexity index is 1300. The molecule has 0 aliphatic heterocycles. The van der Waals surface area contributed by atoms with Gasteiger partial charge in [0.1, 0.15) is 5.76 Å². The van der Waals surface area contributed by atoms with Gasteiger partial charge < -0.3 is 20.4 Å². The quantitative estimate of drug-likeness (QED) is 0.394. The summed E-state index contributed by atoms with van der Waals surface area (Å²) in [5.74, 6) is 0.218. The third-order valence-corrected chi connectivity index (χ3v) is 4.59. The number of aromatic amines is 1. The number of furan rings is 1. The number of hydrogen-bond donors (Lipinski definition) is 4. The van der Waals surface area contributed by atoms with Gasteiger partial charge in [-0.15, -0.1) is 0 Å². The largest absolute Gasteiger partial charge is 0.467 e. The molecular weight excluding hydrogens is 400 g/mol. The monoisotopic (exact) mass is 420 g/mol. The first-order valence-corrected chi connectivity index (χ1v) is 9.46. The van der Waals surface area contributed by atoms with Gasteiger partial charge in [0, 0.05) is 24.1 Å². The van der Waals surface area contributed by atoms with E-state index < -0.39 is 5.91 Å². The summed E-state index contributed by atoms with van der Waals surface area (Å²) in [6.07, 6.45) is 1.54. The third kappa shape index (κ3) is 4.32. The Morgan fingerprint density at radius 2 is 1.84 bits per heavy atom. The standard InChI is InChI=1S/C21H20N6O4/c1-12-10-16(17-18(23-12)27(2)26-20(17)29)19(28)24-13-5-7-14(8-6-13)25-21(30)22-11-15-4-3-9-31-15/h3-10H,11H2,1-2H3,(H,24,28)(H,26,29)(H2,22,25,30). The first-order valence-electron chi connectivity index (χ1n) is 9.46. The zero-order chi connectivity index (χ0) is 22.0. The van der Waals surface area contributed by atoms with Crippen molar-refractivity contribution in [2.45, 2.75) is 13.5 Å². The van der Waals surface area contributed by atoms with Gasteiger partial charge in [0.15, 0.2) is 5.65 Å². The number of anilines is 2. The van der Waals surface area contributed by atoms with Crippen LogP contribution in [0, 0.1) is 6.92 Å². The van der Waals surface area contributed by atoms with Crippen molar-refractivity contribution in [3.8, 4) is 0 Å². The van der Waals surface area contributed by atoms with Gasteiger partial charge in [-0.25, -0.2) is 9.78 Å². The molecule has 3 aromatic heterocycles. The maximum Gasteiger partial charge on any atom is 0.319 e. The van der Waals surface area contributed by atoms with Crippen LogP contribution in [0.2, 0.25) is 0 Å². The highest BCUT2D eigenvalue weighted by Crippen LogP contribution is 2.18. The van der Waals surface area contributed by atoms with Gasteiger partial charge in [-0.1, -0.05) is 0 Å². The van der Waals surface area contributed by atoms with E-state index in [1.807, 2.05) is 0 Å². The van der Waals surface area contributed by atoms with Crippen LogP contribution in [-0.2, 0) is 13.6 Å². The van der Waals surface area contributed by atoms with Crippen molar-refractivity contribution < 1.29 is 14.0 Å². The molecule has 31 heavy (non-hydrogen) atoms. The molecule has 10 heteroatoms. The van der Waals surface area contributed by atoms with Gasteiger partial charge in [0.2, 0.25) is 0 Å². The molecular formula is C21H20N6O4. The number of urea groups is 1. The third-order valence-electron chi connectivity index (χ3n) is 4.59. The highest BCUT2D eigenvalue weighted by Gasteiger charge is 2.18. The first kappa shape index (κ1) is 20.0. The number of carbonyl (C=O) groups is 2. The molecule has 158 valence electrons. The first-order chi connectivity index (χ1) is 14.9. The number of rotatable bonds is 5. The molecule has 3 amide bonds. The van der Waals surface area contributed by atoms with Crippen molar-refractivity contribution in [1.82, 2.24) is 20.1 Å². The average molecular weight is 420 g/mol. The predicted molar refractivity (Wildman–Crippen MR) is 115 cm³/mol.